The average Bonchev–Trinajstić information content (AvgIpc) is 3.14. The van der Waals surface area contributed by atoms with E-state index in [9.17, 15) is 9.59 Å². The Labute approximate surface area is 175 Å². The van der Waals surface area contributed by atoms with Gasteiger partial charge in [0.05, 0.1) is 0 Å². The molecule has 2 aliphatic rings. The number of hydrogen-bond acceptors (Lipinski definition) is 5. The van der Waals surface area contributed by atoms with E-state index in [1.807, 2.05) is 12.1 Å². The summed E-state index contributed by atoms with van der Waals surface area (Å²) >= 11 is 1.27. The maximum absolute atomic E-state index is 12.2. The molecule has 0 unspecified atom stereocenters. The minimum absolute atomic E-state index is 0.0121. The van der Waals surface area contributed by atoms with Crippen LogP contribution in [0.3, 0.4) is 0 Å². The van der Waals surface area contributed by atoms with E-state index in [4.69, 9.17) is 0 Å². The Bertz CT molecular complexity index is 836. The second-order valence-corrected chi connectivity index (χ2v) is 8.43. The summed E-state index contributed by atoms with van der Waals surface area (Å²) in [7, 11) is 0. The number of piperazine rings is 1. The lowest BCUT2D eigenvalue weighted by molar-refractivity contribution is -0.116. The highest BCUT2D eigenvalue weighted by atomic mass is 32.2. The summed E-state index contributed by atoms with van der Waals surface area (Å²) < 4.78 is 0. The third kappa shape index (κ3) is 5.31. The summed E-state index contributed by atoms with van der Waals surface area (Å²) in [6.45, 7) is 5.83. The maximum Gasteiger partial charge on any atom is 0.282 e. The number of thioether (sulfide) groups is 1. The predicted octanol–water partition coefficient (Wildman–Crippen LogP) is 3.12. The van der Waals surface area contributed by atoms with Gasteiger partial charge in [0.1, 0.15) is 6.54 Å². The van der Waals surface area contributed by atoms with Crippen LogP contribution >= 0.6 is 11.8 Å². The third-order valence-electron chi connectivity index (χ3n) is 5.32. The highest BCUT2D eigenvalue weighted by Crippen LogP contribution is 2.21. The van der Waals surface area contributed by atoms with Crippen molar-refractivity contribution >= 4 is 34.3 Å². The third-order valence-corrected chi connectivity index (χ3v) is 6.21. The largest absolute Gasteiger partial charge is 0.369 e. The van der Waals surface area contributed by atoms with E-state index in [0.717, 1.165) is 44.2 Å². The molecule has 2 fully saturated rings. The lowest BCUT2D eigenvalue weighted by Crippen LogP contribution is -2.45. The number of rotatable bonds is 6. The first-order valence-electron chi connectivity index (χ1n) is 10.0. The van der Waals surface area contributed by atoms with Crippen molar-refractivity contribution < 1.29 is 9.59 Å². The molecule has 2 heterocycles. The molecular weight excluding hydrogens is 384 g/mol. The number of nitrogens with zero attached hydrogens (tertiary/aromatic N) is 3. The van der Waals surface area contributed by atoms with Crippen molar-refractivity contribution in [2.24, 2.45) is 0 Å². The van der Waals surface area contributed by atoms with Crippen molar-refractivity contribution in [2.45, 2.75) is 6.54 Å². The average molecular weight is 411 g/mol. The highest BCUT2D eigenvalue weighted by Gasteiger charge is 2.23. The van der Waals surface area contributed by atoms with Crippen LogP contribution in [-0.4, -0.2) is 66.0 Å². The van der Waals surface area contributed by atoms with Gasteiger partial charge < -0.3 is 15.1 Å². The summed E-state index contributed by atoms with van der Waals surface area (Å²) in [5.41, 5.74) is 3.30. The molecule has 152 valence electrons. The van der Waals surface area contributed by atoms with Crippen molar-refractivity contribution in [2.75, 3.05) is 55.2 Å². The van der Waals surface area contributed by atoms with Gasteiger partial charge in [-0.25, -0.2) is 0 Å². The molecule has 0 aromatic heterocycles. The van der Waals surface area contributed by atoms with E-state index in [0.29, 0.717) is 6.54 Å². The number of benzene rings is 2. The first-order valence-corrected chi connectivity index (χ1v) is 11.0. The van der Waals surface area contributed by atoms with E-state index in [1.165, 1.54) is 23.0 Å². The van der Waals surface area contributed by atoms with Crippen LogP contribution in [0.1, 0.15) is 5.56 Å². The van der Waals surface area contributed by atoms with Crippen molar-refractivity contribution in [3.05, 3.63) is 60.2 Å². The number of anilines is 2. The van der Waals surface area contributed by atoms with Crippen LogP contribution in [0.2, 0.25) is 0 Å². The SMILES string of the molecule is O=C(CN1CCSC1=O)Nc1ccc(N2CCN(Cc3ccccc3)CC2)cc1. The first kappa shape index (κ1) is 19.8. The minimum Gasteiger partial charge on any atom is -0.369 e. The number of carbonyl (C=O) groups is 2. The molecule has 2 saturated heterocycles. The Morgan fingerprint density at radius 3 is 2.31 bits per heavy atom. The molecule has 2 aromatic carbocycles. The molecule has 0 spiro atoms. The van der Waals surface area contributed by atoms with Gasteiger partial charge in [0.25, 0.3) is 5.24 Å². The molecule has 7 heteroatoms. The Morgan fingerprint density at radius 1 is 0.931 bits per heavy atom. The molecule has 0 radical (unpaired) electrons. The standard InChI is InChI=1S/C22H26N4O2S/c27-21(17-26-14-15-29-22(26)28)23-19-6-8-20(9-7-19)25-12-10-24(11-13-25)16-18-4-2-1-3-5-18/h1-9H,10-17H2,(H,23,27). The first-order chi connectivity index (χ1) is 14.2. The fourth-order valence-corrected chi connectivity index (χ4v) is 4.53. The fourth-order valence-electron chi connectivity index (χ4n) is 3.70. The van der Waals surface area contributed by atoms with Crippen molar-refractivity contribution in [1.29, 1.82) is 0 Å². The zero-order valence-corrected chi connectivity index (χ0v) is 17.2. The van der Waals surface area contributed by atoms with E-state index in [1.54, 1.807) is 4.90 Å². The summed E-state index contributed by atoms with van der Waals surface area (Å²) in [5.74, 6) is 0.613. The van der Waals surface area contributed by atoms with Gasteiger partial charge in [-0.1, -0.05) is 42.1 Å². The molecule has 0 aliphatic carbocycles. The monoisotopic (exact) mass is 410 g/mol. The topological polar surface area (TPSA) is 55.9 Å². The molecule has 0 bridgehead atoms. The zero-order valence-electron chi connectivity index (χ0n) is 16.4. The van der Waals surface area contributed by atoms with Gasteiger partial charge in [-0.15, -0.1) is 0 Å². The van der Waals surface area contributed by atoms with Gasteiger partial charge >= 0.3 is 0 Å². The van der Waals surface area contributed by atoms with Crippen LogP contribution in [0.5, 0.6) is 0 Å². The second-order valence-electron chi connectivity index (χ2n) is 7.38. The van der Waals surface area contributed by atoms with Crippen LogP contribution in [0.4, 0.5) is 16.2 Å². The lowest BCUT2D eigenvalue weighted by atomic mass is 10.2. The molecule has 2 amide bonds. The van der Waals surface area contributed by atoms with E-state index in [2.05, 4.69) is 57.6 Å². The zero-order chi connectivity index (χ0) is 20.1. The summed E-state index contributed by atoms with van der Waals surface area (Å²) in [6.07, 6.45) is 0. The Kier molecular flexibility index (Phi) is 6.36. The van der Waals surface area contributed by atoms with Gasteiger partial charge in [-0.3, -0.25) is 14.5 Å². The summed E-state index contributed by atoms with van der Waals surface area (Å²) in [4.78, 5) is 30.2. The smallest absolute Gasteiger partial charge is 0.282 e. The number of carbonyl (C=O) groups excluding carboxylic acids is 2. The van der Waals surface area contributed by atoms with Gasteiger partial charge in [0.15, 0.2) is 0 Å². The van der Waals surface area contributed by atoms with Crippen LogP contribution in [0.15, 0.2) is 54.6 Å². The van der Waals surface area contributed by atoms with Gasteiger partial charge in [0, 0.05) is 56.4 Å². The van der Waals surface area contributed by atoms with Crippen LogP contribution in [0.25, 0.3) is 0 Å². The second kappa shape index (κ2) is 9.33. The molecule has 0 atom stereocenters. The van der Waals surface area contributed by atoms with E-state index < -0.39 is 0 Å². The van der Waals surface area contributed by atoms with Crippen LogP contribution in [-0.2, 0) is 11.3 Å². The van der Waals surface area contributed by atoms with Crippen molar-refractivity contribution in [3.63, 3.8) is 0 Å². The number of hydrogen-bond donors (Lipinski definition) is 1. The quantitative estimate of drug-likeness (QED) is 0.793. The normalized spacial score (nSPS) is 17.6. The molecule has 4 rings (SSSR count). The number of nitrogens with one attached hydrogen (secondary N) is 1. The Morgan fingerprint density at radius 2 is 1.66 bits per heavy atom. The molecule has 2 aromatic rings. The number of amides is 2. The lowest BCUT2D eigenvalue weighted by Gasteiger charge is -2.36. The molecule has 29 heavy (non-hydrogen) atoms. The minimum atomic E-state index is -0.150. The van der Waals surface area contributed by atoms with Crippen LogP contribution < -0.4 is 10.2 Å². The predicted molar refractivity (Wildman–Crippen MR) is 118 cm³/mol. The Balaban J connectivity index is 1.25. The van der Waals surface area contributed by atoms with Gasteiger partial charge in [0.2, 0.25) is 5.91 Å². The summed E-state index contributed by atoms with van der Waals surface area (Å²) in [6, 6.07) is 18.6. The summed E-state index contributed by atoms with van der Waals surface area (Å²) in [5, 5.41) is 2.87. The molecule has 1 N–H and O–H groups in total. The van der Waals surface area contributed by atoms with Crippen LogP contribution in [0, 0.1) is 0 Å². The van der Waals surface area contributed by atoms with Crippen molar-refractivity contribution in [1.82, 2.24) is 9.80 Å². The molecule has 0 saturated carbocycles. The van der Waals surface area contributed by atoms with E-state index in [-0.39, 0.29) is 17.7 Å². The molecular formula is C22H26N4O2S. The van der Waals surface area contributed by atoms with Gasteiger partial charge in [-0.2, -0.15) is 0 Å². The van der Waals surface area contributed by atoms with E-state index >= 15 is 0 Å². The van der Waals surface area contributed by atoms with Gasteiger partial charge in [-0.05, 0) is 29.8 Å². The maximum atomic E-state index is 12.2. The molecule has 6 nitrogen and oxygen atoms in total. The highest BCUT2D eigenvalue weighted by molar-refractivity contribution is 8.13. The van der Waals surface area contributed by atoms with Crippen molar-refractivity contribution in [3.8, 4) is 0 Å². The fraction of sp³-hybridized carbons (Fsp3) is 0.364. The Hall–Kier alpha value is -2.51. The molecule has 2 aliphatic heterocycles.